The van der Waals surface area contributed by atoms with Crippen LogP contribution in [0.2, 0.25) is 0 Å². The van der Waals surface area contributed by atoms with Crippen LogP contribution in [0.15, 0.2) is 84.6 Å². The Morgan fingerprint density at radius 3 is 2.23 bits per heavy atom. The lowest BCUT2D eigenvalue weighted by atomic mass is 9.81. The summed E-state index contributed by atoms with van der Waals surface area (Å²) < 4.78 is 62.7. The maximum absolute atomic E-state index is 11.2. The van der Waals surface area contributed by atoms with Gasteiger partial charge >= 0.3 is 0 Å². The maximum Gasteiger partial charge on any atom is 0.265 e. The Bertz CT molecular complexity index is 1520. The molecule has 7 nitrogen and oxygen atoms in total. The molecule has 1 aliphatic rings. The van der Waals surface area contributed by atoms with E-state index in [4.69, 9.17) is 9.11 Å². The van der Waals surface area contributed by atoms with E-state index < -0.39 is 20.2 Å². The van der Waals surface area contributed by atoms with Gasteiger partial charge in [-0.1, -0.05) is 94.5 Å². The topological polar surface area (TPSA) is 112 Å². The van der Waals surface area contributed by atoms with E-state index in [0.717, 1.165) is 11.4 Å². The first-order valence-corrected chi connectivity index (χ1v) is 16.7. The van der Waals surface area contributed by atoms with Crippen molar-refractivity contribution < 1.29 is 25.9 Å². The SMILES string of the molecule is CC(C)C([CH]CS(=O)(=O)O)C=CC=CC=CC=C1N(CCCCS(=O)(=O)O)c2ccc3ccccc3c2C1(C)C. The summed E-state index contributed by atoms with van der Waals surface area (Å²) in [5.74, 6) is -0.522. The van der Waals surface area contributed by atoms with Gasteiger partial charge in [-0.15, -0.1) is 0 Å². The molecule has 1 heterocycles. The van der Waals surface area contributed by atoms with Gasteiger partial charge in [0.15, 0.2) is 0 Å². The van der Waals surface area contributed by atoms with Crippen LogP contribution in [0, 0.1) is 18.3 Å². The molecule has 0 bridgehead atoms. The fourth-order valence-corrected chi connectivity index (χ4v) is 6.20. The van der Waals surface area contributed by atoms with Gasteiger partial charge in [0.1, 0.15) is 0 Å². The van der Waals surface area contributed by atoms with E-state index in [1.54, 1.807) is 6.42 Å². The van der Waals surface area contributed by atoms with Crippen LogP contribution in [-0.2, 0) is 25.7 Å². The van der Waals surface area contributed by atoms with Crippen LogP contribution in [0.3, 0.4) is 0 Å². The average Bonchev–Trinajstić information content (AvgIpc) is 3.07. The Morgan fingerprint density at radius 2 is 1.55 bits per heavy atom. The van der Waals surface area contributed by atoms with Crippen LogP contribution in [0.25, 0.3) is 10.8 Å². The van der Waals surface area contributed by atoms with Crippen molar-refractivity contribution in [1.29, 1.82) is 0 Å². The summed E-state index contributed by atoms with van der Waals surface area (Å²) in [6.45, 7) is 9.00. The molecule has 0 aliphatic carbocycles. The quantitative estimate of drug-likeness (QED) is 0.156. The van der Waals surface area contributed by atoms with E-state index >= 15 is 0 Å². The summed E-state index contributed by atoms with van der Waals surface area (Å²) in [4.78, 5) is 2.25. The largest absolute Gasteiger partial charge is 0.344 e. The predicted molar refractivity (Wildman–Crippen MR) is 165 cm³/mol. The van der Waals surface area contributed by atoms with Crippen molar-refractivity contribution in [2.24, 2.45) is 11.8 Å². The highest BCUT2D eigenvalue weighted by Gasteiger charge is 2.40. The molecule has 3 rings (SSSR count). The summed E-state index contributed by atoms with van der Waals surface area (Å²) in [7, 11) is -8.02. The van der Waals surface area contributed by atoms with Gasteiger partial charge in [0.05, 0.1) is 11.5 Å². The van der Waals surface area contributed by atoms with Crippen molar-refractivity contribution >= 4 is 36.7 Å². The smallest absolute Gasteiger partial charge is 0.265 e. The van der Waals surface area contributed by atoms with Gasteiger partial charge in [-0.2, -0.15) is 16.8 Å². The monoisotopic (exact) mass is 586 g/mol. The Labute approximate surface area is 239 Å². The van der Waals surface area contributed by atoms with E-state index in [-0.39, 0.29) is 28.8 Å². The minimum atomic E-state index is -4.03. The molecule has 2 aromatic carbocycles. The van der Waals surface area contributed by atoms with Crippen LogP contribution >= 0.6 is 0 Å². The molecule has 0 saturated carbocycles. The molecule has 9 heteroatoms. The van der Waals surface area contributed by atoms with Crippen molar-refractivity contribution in [1.82, 2.24) is 0 Å². The second kappa shape index (κ2) is 13.3. The zero-order valence-corrected chi connectivity index (χ0v) is 25.2. The van der Waals surface area contributed by atoms with Crippen LogP contribution in [0.5, 0.6) is 0 Å². The molecule has 40 heavy (non-hydrogen) atoms. The molecule has 0 saturated heterocycles. The summed E-state index contributed by atoms with van der Waals surface area (Å²) in [6.07, 6.45) is 16.1. The van der Waals surface area contributed by atoms with Gasteiger partial charge in [-0.3, -0.25) is 9.11 Å². The number of fused-ring (bicyclic) bond motifs is 3. The lowest BCUT2D eigenvalue weighted by molar-refractivity contribution is 0.475. The Balaban J connectivity index is 1.81. The van der Waals surface area contributed by atoms with Gasteiger partial charge in [0.25, 0.3) is 20.2 Å². The van der Waals surface area contributed by atoms with Crippen molar-refractivity contribution in [2.45, 2.75) is 46.0 Å². The minimum absolute atomic E-state index is 0.0836. The highest BCUT2D eigenvalue weighted by Crippen LogP contribution is 2.50. The zero-order valence-electron chi connectivity index (χ0n) is 23.6. The fourth-order valence-electron chi connectivity index (χ4n) is 5.17. The lowest BCUT2D eigenvalue weighted by Gasteiger charge is -2.27. The first-order valence-electron chi connectivity index (χ1n) is 13.5. The number of hydrogen-bond acceptors (Lipinski definition) is 5. The van der Waals surface area contributed by atoms with Crippen molar-refractivity contribution in [3.63, 3.8) is 0 Å². The predicted octanol–water partition coefficient (Wildman–Crippen LogP) is 6.52. The molecule has 1 aliphatic heterocycles. The van der Waals surface area contributed by atoms with Gasteiger partial charge in [0, 0.05) is 23.3 Å². The molecular weight excluding hydrogens is 546 g/mol. The molecule has 0 aromatic heterocycles. The molecule has 217 valence electrons. The van der Waals surface area contributed by atoms with Crippen LogP contribution < -0.4 is 4.90 Å². The van der Waals surface area contributed by atoms with Gasteiger partial charge < -0.3 is 4.90 Å². The summed E-state index contributed by atoms with van der Waals surface area (Å²) in [5, 5.41) is 2.36. The third kappa shape index (κ3) is 8.64. The van der Waals surface area contributed by atoms with E-state index in [9.17, 15) is 16.8 Å². The molecule has 0 amide bonds. The third-order valence-electron chi connectivity index (χ3n) is 7.17. The number of allylic oxidation sites excluding steroid dienone is 8. The number of unbranched alkanes of at least 4 members (excludes halogenated alkanes) is 1. The normalized spacial score (nSPS) is 17.8. The fraction of sp³-hybridized carbons (Fsp3) is 0.387. The number of nitrogens with zero attached hydrogens (tertiary/aromatic N) is 1. The minimum Gasteiger partial charge on any atom is -0.344 e. The Morgan fingerprint density at radius 1 is 0.875 bits per heavy atom. The molecule has 1 atom stereocenters. The third-order valence-corrected chi connectivity index (χ3v) is 8.59. The number of anilines is 1. The van der Waals surface area contributed by atoms with Gasteiger partial charge in [-0.05, 0) is 59.6 Å². The molecule has 2 aromatic rings. The second-order valence-electron chi connectivity index (χ2n) is 11.0. The van der Waals surface area contributed by atoms with E-state index in [0.29, 0.717) is 19.4 Å². The Hall–Kier alpha value is -2.72. The van der Waals surface area contributed by atoms with E-state index in [2.05, 4.69) is 49.1 Å². The number of rotatable bonds is 13. The van der Waals surface area contributed by atoms with Gasteiger partial charge in [0.2, 0.25) is 0 Å². The van der Waals surface area contributed by atoms with E-state index in [1.165, 1.54) is 16.3 Å². The molecule has 2 N–H and O–H groups in total. The summed E-state index contributed by atoms with van der Waals surface area (Å²) in [5.41, 5.74) is 3.15. The maximum atomic E-state index is 11.2. The summed E-state index contributed by atoms with van der Waals surface area (Å²) in [6, 6.07) is 12.5. The lowest BCUT2D eigenvalue weighted by Crippen LogP contribution is -2.27. The second-order valence-corrected chi connectivity index (χ2v) is 14.0. The Kier molecular flexibility index (Phi) is 10.6. The first kappa shape index (κ1) is 31.8. The average molecular weight is 587 g/mol. The van der Waals surface area contributed by atoms with Crippen LogP contribution in [-0.4, -0.2) is 44.0 Å². The zero-order chi connectivity index (χ0) is 29.6. The van der Waals surface area contributed by atoms with Crippen molar-refractivity contribution in [2.75, 3.05) is 23.0 Å². The molecular formula is C31H40NO6S2. The van der Waals surface area contributed by atoms with Crippen LogP contribution in [0.1, 0.15) is 46.1 Å². The van der Waals surface area contributed by atoms with Crippen molar-refractivity contribution in [3.05, 3.63) is 96.6 Å². The standard InChI is InChI=1S/C31H40NO6S2/c1-24(2)25(20-23-40(36,37)38)14-8-6-5-7-9-17-29-31(3,4)30-27-16-11-10-15-26(27)18-19-28(30)32(29)21-12-13-22-39(33,34)35/h5-11,14-20,24-25H,12-13,21-23H2,1-4H3,(H,33,34,35)(H,36,37,38). The van der Waals surface area contributed by atoms with E-state index in [1.807, 2.05) is 62.4 Å². The van der Waals surface area contributed by atoms with Crippen molar-refractivity contribution in [3.8, 4) is 0 Å². The highest BCUT2D eigenvalue weighted by atomic mass is 32.2. The molecule has 1 unspecified atom stereocenters. The highest BCUT2D eigenvalue weighted by molar-refractivity contribution is 7.86. The number of hydrogen-bond donors (Lipinski definition) is 2. The molecule has 0 fully saturated rings. The first-order chi connectivity index (χ1) is 18.7. The summed E-state index contributed by atoms with van der Waals surface area (Å²) >= 11 is 0. The van der Waals surface area contributed by atoms with Crippen LogP contribution in [0.4, 0.5) is 5.69 Å². The molecule has 0 spiro atoms. The molecule has 1 radical (unpaired) electrons. The number of benzene rings is 2. The van der Waals surface area contributed by atoms with Gasteiger partial charge in [-0.25, -0.2) is 0 Å².